The largest absolute Gasteiger partial charge is 0.335 e. The third-order valence-corrected chi connectivity index (χ3v) is 6.22. The molecule has 0 N–H and O–H groups in total. The molecule has 2 amide bonds. The van der Waals surface area contributed by atoms with Gasteiger partial charge in [0.2, 0.25) is 5.91 Å². The van der Waals surface area contributed by atoms with E-state index in [1.54, 1.807) is 26.7 Å². The van der Waals surface area contributed by atoms with Crippen molar-refractivity contribution in [3.05, 3.63) is 18.0 Å². The molecule has 126 valence electrons. The summed E-state index contributed by atoms with van der Waals surface area (Å²) in [4.78, 5) is 27.6. The lowest BCUT2D eigenvalue weighted by Crippen LogP contribution is -2.61. The highest BCUT2D eigenvalue weighted by Gasteiger charge is 2.49. The van der Waals surface area contributed by atoms with E-state index in [0.717, 1.165) is 0 Å². The lowest BCUT2D eigenvalue weighted by molar-refractivity contribution is -0.133. The Labute approximate surface area is 135 Å². The van der Waals surface area contributed by atoms with E-state index in [0.29, 0.717) is 25.3 Å². The van der Waals surface area contributed by atoms with Gasteiger partial charge in [-0.2, -0.15) is 5.10 Å². The van der Waals surface area contributed by atoms with Gasteiger partial charge in [-0.3, -0.25) is 14.3 Å². The zero-order valence-corrected chi connectivity index (χ0v) is 14.0. The fourth-order valence-corrected chi connectivity index (χ4v) is 5.38. The number of rotatable bonds is 2. The Bertz CT molecular complexity index is 742. The first kappa shape index (κ1) is 16.0. The van der Waals surface area contributed by atoms with Crippen LogP contribution in [-0.4, -0.2) is 76.5 Å². The Kier molecular flexibility index (Phi) is 3.91. The van der Waals surface area contributed by atoms with Crippen molar-refractivity contribution >= 4 is 21.7 Å². The number of sulfone groups is 1. The van der Waals surface area contributed by atoms with Crippen LogP contribution in [0.5, 0.6) is 0 Å². The van der Waals surface area contributed by atoms with Crippen molar-refractivity contribution in [1.29, 1.82) is 0 Å². The molecule has 0 aromatic carbocycles. The van der Waals surface area contributed by atoms with Crippen LogP contribution in [0.4, 0.5) is 0 Å². The number of carbonyl (C=O) groups excluding carboxylic acids is 2. The average molecular weight is 340 g/mol. The highest BCUT2D eigenvalue weighted by molar-refractivity contribution is 7.91. The quantitative estimate of drug-likeness (QED) is 0.715. The van der Waals surface area contributed by atoms with Crippen molar-refractivity contribution < 1.29 is 18.0 Å². The predicted molar refractivity (Wildman–Crippen MR) is 82.6 cm³/mol. The van der Waals surface area contributed by atoms with E-state index >= 15 is 0 Å². The van der Waals surface area contributed by atoms with Crippen molar-refractivity contribution in [3.8, 4) is 0 Å². The molecule has 0 aliphatic carbocycles. The summed E-state index contributed by atoms with van der Waals surface area (Å²) in [6.45, 7) is 4.70. The Morgan fingerprint density at radius 1 is 1.22 bits per heavy atom. The third kappa shape index (κ3) is 2.85. The second-order valence-electron chi connectivity index (χ2n) is 5.98. The van der Waals surface area contributed by atoms with Gasteiger partial charge in [-0.25, -0.2) is 8.42 Å². The van der Waals surface area contributed by atoms with Gasteiger partial charge >= 0.3 is 0 Å². The summed E-state index contributed by atoms with van der Waals surface area (Å²) in [6.07, 6.45) is 1.72. The number of carbonyl (C=O) groups is 2. The smallest absolute Gasteiger partial charge is 0.274 e. The first-order chi connectivity index (χ1) is 10.8. The first-order valence-electron chi connectivity index (χ1n) is 7.64. The number of nitrogens with zero attached hydrogens (tertiary/aromatic N) is 4. The van der Waals surface area contributed by atoms with Gasteiger partial charge in [0.15, 0.2) is 9.84 Å². The molecule has 0 radical (unpaired) electrons. The summed E-state index contributed by atoms with van der Waals surface area (Å²) in [5.41, 5.74) is 0.311. The molecule has 2 aliphatic heterocycles. The molecule has 2 fully saturated rings. The van der Waals surface area contributed by atoms with Crippen molar-refractivity contribution in [2.24, 2.45) is 0 Å². The highest BCUT2D eigenvalue weighted by Crippen LogP contribution is 2.28. The number of fused-ring (bicyclic) bond motifs is 1. The number of piperazine rings is 1. The molecular formula is C14H20N4O4S. The minimum absolute atomic E-state index is 0.0789. The Hall–Kier alpha value is -1.90. The van der Waals surface area contributed by atoms with E-state index in [-0.39, 0.29) is 23.3 Å². The molecule has 8 nitrogen and oxygen atoms in total. The molecule has 2 saturated heterocycles. The van der Waals surface area contributed by atoms with E-state index in [2.05, 4.69) is 5.10 Å². The summed E-state index contributed by atoms with van der Waals surface area (Å²) < 4.78 is 25.7. The van der Waals surface area contributed by atoms with E-state index in [1.807, 2.05) is 6.92 Å². The zero-order chi connectivity index (χ0) is 16.8. The second-order valence-corrected chi connectivity index (χ2v) is 8.13. The number of amides is 2. The molecule has 1 aromatic rings. The molecule has 0 spiro atoms. The van der Waals surface area contributed by atoms with Crippen LogP contribution in [0.15, 0.2) is 12.3 Å². The van der Waals surface area contributed by atoms with Crippen molar-refractivity contribution in [2.75, 3.05) is 24.6 Å². The summed E-state index contributed by atoms with van der Waals surface area (Å²) in [5, 5.41) is 4.20. The number of aromatic nitrogens is 2. The third-order valence-electron chi connectivity index (χ3n) is 4.53. The standard InChI is InChI=1S/C14H20N4O4S/c1-3-16-5-4-11(15-16)14(20)18-7-6-17(10(2)19)12-8-23(21,22)9-13(12)18/h4-5,12-13H,3,6-9H2,1-2H3/t12-,13+/m1/s1. The van der Waals surface area contributed by atoms with Gasteiger partial charge in [-0.05, 0) is 13.0 Å². The molecule has 2 atom stereocenters. The van der Waals surface area contributed by atoms with Crippen LogP contribution in [0.1, 0.15) is 24.3 Å². The molecule has 0 unspecified atom stereocenters. The summed E-state index contributed by atoms with van der Waals surface area (Å²) in [5.74, 6) is -0.599. The summed E-state index contributed by atoms with van der Waals surface area (Å²) >= 11 is 0. The molecule has 3 heterocycles. The summed E-state index contributed by atoms with van der Waals surface area (Å²) in [6, 6.07) is 0.696. The maximum Gasteiger partial charge on any atom is 0.274 e. The second kappa shape index (κ2) is 5.63. The molecule has 9 heteroatoms. The van der Waals surface area contributed by atoms with Crippen LogP contribution in [-0.2, 0) is 21.2 Å². The van der Waals surface area contributed by atoms with Gasteiger partial charge in [-0.15, -0.1) is 0 Å². The van der Waals surface area contributed by atoms with Crippen molar-refractivity contribution in [2.45, 2.75) is 32.5 Å². The molecular weight excluding hydrogens is 320 g/mol. The van der Waals surface area contributed by atoms with Crippen molar-refractivity contribution in [1.82, 2.24) is 19.6 Å². The van der Waals surface area contributed by atoms with Crippen LogP contribution in [0.25, 0.3) is 0 Å². The van der Waals surface area contributed by atoms with Crippen LogP contribution < -0.4 is 0 Å². The predicted octanol–water partition coefficient (Wildman–Crippen LogP) is -0.627. The number of hydrogen-bond acceptors (Lipinski definition) is 5. The Balaban J connectivity index is 1.88. The topological polar surface area (TPSA) is 92.6 Å². The normalized spacial score (nSPS) is 26.2. The molecule has 23 heavy (non-hydrogen) atoms. The Morgan fingerprint density at radius 3 is 2.39 bits per heavy atom. The lowest BCUT2D eigenvalue weighted by atomic mass is 10.0. The fourth-order valence-electron chi connectivity index (χ4n) is 3.40. The van der Waals surface area contributed by atoms with Gasteiger partial charge in [0.25, 0.3) is 5.91 Å². The maximum atomic E-state index is 12.7. The zero-order valence-electron chi connectivity index (χ0n) is 13.2. The molecule has 0 bridgehead atoms. The summed E-state index contributed by atoms with van der Waals surface area (Å²) in [7, 11) is -3.26. The minimum Gasteiger partial charge on any atom is -0.335 e. The van der Waals surface area contributed by atoms with Crippen LogP contribution in [0.3, 0.4) is 0 Å². The van der Waals surface area contributed by atoms with Gasteiger partial charge in [0.05, 0.1) is 23.6 Å². The average Bonchev–Trinajstić information content (AvgIpc) is 3.07. The van der Waals surface area contributed by atoms with Gasteiger partial charge in [0, 0.05) is 32.8 Å². The molecule has 0 saturated carbocycles. The van der Waals surface area contributed by atoms with E-state index in [4.69, 9.17) is 0 Å². The molecule has 3 rings (SSSR count). The Morgan fingerprint density at radius 2 is 1.83 bits per heavy atom. The van der Waals surface area contributed by atoms with E-state index < -0.39 is 21.9 Å². The monoisotopic (exact) mass is 340 g/mol. The minimum atomic E-state index is -3.26. The SMILES string of the molecule is CCn1ccc(C(=O)N2CCN(C(C)=O)[C@@H]3CS(=O)(=O)C[C@@H]32)n1. The fraction of sp³-hybridized carbons (Fsp3) is 0.643. The first-order valence-corrected chi connectivity index (χ1v) is 9.46. The van der Waals surface area contributed by atoms with Gasteiger partial charge in [0.1, 0.15) is 5.69 Å². The molecule has 2 aliphatic rings. The van der Waals surface area contributed by atoms with Gasteiger partial charge < -0.3 is 9.80 Å². The highest BCUT2D eigenvalue weighted by atomic mass is 32.2. The van der Waals surface area contributed by atoms with Crippen LogP contribution >= 0.6 is 0 Å². The van der Waals surface area contributed by atoms with Gasteiger partial charge in [-0.1, -0.05) is 0 Å². The van der Waals surface area contributed by atoms with E-state index in [1.165, 1.54) is 6.92 Å². The van der Waals surface area contributed by atoms with E-state index in [9.17, 15) is 18.0 Å². The molecule has 1 aromatic heterocycles. The van der Waals surface area contributed by atoms with Crippen LogP contribution in [0, 0.1) is 0 Å². The van der Waals surface area contributed by atoms with Crippen molar-refractivity contribution in [3.63, 3.8) is 0 Å². The lowest BCUT2D eigenvalue weighted by Gasteiger charge is -2.43. The maximum absolute atomic E-state index is 12.7. The van der Waals surface area contributed by atoms with Crippen LogP contribution in [0.2, 0.25) is 0 Å². The number of hydrogen-bond donors (Lipinski definition) is 0. The number of aryl methyl sites for hydroxylation is 1.